The van der Waals surface area contributed by atoms with Crippen molar-refractivity contribution in [2.45, 2.75) is 4.90 Å². The van der Waals surface area contributed by atoms with E-state index in [2.05, 4.69) is 5.32 Å². The Kier molecular flexibility index (Phi) is 6.44. The average Bonchev–Trinajstić information content (AvgIpc) is 2.68. The molecule has 0 aliphatic carbocycles. The molecule has 2 aromatic carbocycles. The summed E-state index contributed by atoms with van der Waals surface area (Å²) in [5, 5.41) is 2.61. The minimum Gasteiger partial charge on any atom is -0.366 e. The summed E-state index contributed by atoms with van der Waals surface area (Å²) < 4.78 is 54.0. The van der Waals surface area contributed by atoms with Crippen molar-refractivity contribution in [1.29, 1.82) is 0 Å². The molecule has 2 amide bonds. The first kappa shape index (κ1) is 21.8. The van der Waals surface area contributed by atoms with Gasteiger partial charge in [0.15, 0.2) is 4.90 Å². The number of carbonyl (C=O) groups excluding carboxylic acids is 2. The van der Waals surface area contributed by atoms with Crippen LogP contribution in [0.15, 0.2) is 47.4 Å². The van der Waals surface area contributed by atoms with Gasteiger partial charge in [-0.05, 0) is 24.3 Å². The predicted octanol–water partition coefficient (Wildman–Crippen LogP) is 1.01. The number of carbonyl (C=O) groups is 2. The number of sulfonamides is 1. The summed E-state index contributed by atoms with van der Waals surface area (Å²) in [7, 11) is -4.33. The van der Waals surface area contributed by atoms with E-state index < -0.39 is 38.4 Å². The van der Waals surface area contributed by atoms with E-state index in [9.17, 15) is 26.8 Å². The van der Waals surface area contributed by atoms with E-state index in [0.717, 1.165) is 22.5 Å². The van der Waals surface area contributed by atoms with Crippen LogP contribution in [0.3, 0.4) is 0 Å². The van der Waals surface area contributed by atoms with E-state index in [-0.39, 0.29) is 44.0 Å². The van der Waals surface area contributed by atoms with Crippen LogP contribution in [0, 0.1) is 11.6 Å². The minimum absolute atomic E-state index is 0.0265. The first-order valence-electron chi connectivity index (χ1n) is 9.05. The Hall–Kier alpha value is -2.89. The van der Waals surface area contributed by atoms with Gasteiger partial charge in [-0.1, -0.05) is 18.2 Å². The first-order valence-corrected chi connectivity index (χ1v) is 10.5. The normalized spacial score (nSPS) is 15.7. The number of nitrogens with two attached hydrogens (primary N) is 1. The van der Waals surface area contributed by atoms with Crippen molar-refractivity contribution in [1.82, 2.24) is 9.21 Å². The second-order valence-corrected chi connectivity index (χ2v) is 8.56. The molecule has 1 aliphatic rings. The van der Waals surface area contributed by atoms with Crippen LogP contribution in [-0.2, 0) is 14.8 Å². The smallest absolute Gasteiger partial charge is 0.250 e. The summed E-state index contributed by atoms with van der Waals surface area (Å²) in [5.41, 5.74) is 5.74. The fourth-order valence-corrected chi connectivity index (χ4v) is 4.72. The van der Waals surface area contributed by atoms with Crippen molar-refractivity contribution in [3.8, 4) is 0 Å². The Labute approximate surface area is 172 Å². The van der Waals surface area contributed by atoms with Gasteiger partial charge in [0, 0.05) is 26.2 Å². The highest BCUT2D eigenvalue weighted by Crippen LogP contribution is 2.23. The average molecular weight is 438 g/mol. The van der Waals surface area contributed by atoms with Crippen LogP contribution in [0.5, 0.6) is 0 Å². The monoisotopic (exact) mass is 438 g/mol. The number of piperazine rings is 1. The zero-order valence-corrected chi connectivity index (χ0v) is 16.7. The highest BCUT2D eigenvalue weighted by atomic mass is 32.2. The molecule has 1 saturated heterocycles. The lowest BCUT2D eigenvalue weighted by Gasteiger charge is -2.33. The number of rotatable bonds is 6. The fourth-order valence-electron chi connectivity index (χ4n) is 3.19. The van der Waals surface area contributed by atoms with Crippen LogP contribution in [0.2, 0.25) is 0 Å². The van der Waals surface area contributed by atoms with Crippen molar-refractivity contribution in [3.63, 3.8) is 0 Å². The van der Waals surface area contributed by atoms with E-state index in [1.807, 2.05) is 0 Å². The van der Waals surface area contributed by atoms with Crippen molar-refractivity contribution in [3.05, 3.63) is 59.7 Å². The van der Waals surface area contributed by atoms with Crippen molar-refractivity contribution < 1.29 is 26.8 Å². The van der Waals surface area contributed by atoms with Crippen molar-refractivity contribution in [2.75, 3.05) is 38.0 Å². The lowest BCUT2D eigenvalue weighted by Crippen LogP contribution is -2.50. The minimum atomic E-state index is -4.33. The maximum Gasteiger partial charge on any atom is 0.250 e. The molecule has 0 atom stereocenters. The highest BCUT2D eigenvalue weighted by molar-refractivity contribution is 7.89. The number of nitrogens with one attached hydrogen (secondary N) is 1. The van der Waals surface area contributed by atoms with Crippen LogP contribution < -0.4 is 11.1 Å². The highest BCUT2D eigenvalue weighted by Gasteiger charge is 2.33. The Morgan fingerprint density at radius 1 is 0.967 bits per heavy atom. The molecule has 0 aromatic heterocycles. The molecular weight excluding hydrogens is 418 g/mol. The number of anilines is 1. The lowest BCUT2D eigenvalue weighted by molar-refractivity contribution is -0.117. The maximum absolute atomic E-state index is 13.9. The quantitative estimate of drug-likeness (QED) is 0.699. The van der Waals surface area contributed by atoms with Gasteiger partial charge in [0.05, 0.1) is 17.8 Å². The Bertz CT molecular complexity index is 1050. The third-order valence-electron chi connectivity index (χ3n) is 4.68. The molecule has 160 valence electrons. The topological polar surface area (TPSA) is 113 Å². The SMILES string of the molecule is NC(=O)c1ccccc1NC(=O)CN1CCN(S(=O)(=O)c2c(F)cccc2F)CC1. The van der Waals surface area contributed by atoms with E-state index in [0.29, 0.717) is 0 Å². The Morgan fingerprint density at radius 3 is 2.17 bits per heavy atom. The molecule has 3 N–H and O–H groups in total. The zero-order valence-electron chi connectivity index (χ0n) is 15.8. The van der Waals surface area contributed by atoms with Crippen molar-refractivity contribution in [2.24, 2.45) is 5.73 Å². The molecular formula is C19H20F2N4O4S. The van der Waals surface area contributed by atoms with Gasteiger partial charge in [-0.15, -0.1) is 0 Å². The van der Waals surface area contributed by atoms with Gasteiger partial charge >= 0.3 is 0 Å². The van der Waals surface area contributed by atoms with Gasteiger partial charge in [0.1, 0.15) is 11.6 Å². The molecule has 0 unspecified atom stereocenters. The van der Waals surface area contributed by atoms with Crippen LogP contribution >= 0.6 is 0 Å². The summed E-state index contributed by atoms with van der Waals surface area (Å²) in [5.74, 6) is -3.37. The van der Waals surface area contributed by atoms with Crippen molar-refractivity contribution >= 4 is 27.5 Å². The third kappa shape index (κ3) is 4.64. The molecule has 1 heterocycles. The summed E-state index contributed by atoms with van der Waals surface area (Å²) in [6.07, 6.45) is 0. The molecule has 11 heteroatoms. The number of amides is 2. The number of para-hydroxylation sites is 1. The first-order chi connectivity index (χ1) is 14.2. The summed E-state index contributed by atoms with van der Waals surface area (Å²) in [4.78, 5) is 24.5. The van der Waals surface area contributed by atoms with Gasteiger partial charge in [0.2, 0.25) is 15.9 Å². The molecule has 0 saturated carbocycles. The molecule has 0 bridgehead atoms. The Balaban J connectivity index is 1.61. The zero-order chi connectivity index (χ0) is 21.9. The van der Waals surface area contributed by atoms with E-state index >= 15 is 0 Å². The van der Waals surface area contributed by atoms with E-state index in [1.165, 1.54) is 6.07 Å². The standard InChI is InChI=1S/C19H20F2N4O4S/c20-14-5-3-6-15(21)18(14)30(28,29)25-10-8-24(9-11-25)12-17(26)23-16-7-2-1-4-13(16)19(22)27/h1-7H,8-12H2,(H2,22,27)(H,23,26). The number of benzene rings is 2. The second-order valence-electron chi connectivity index (χ2n) is 6.69. The summed E-state index contributed by atoms with van der Waals surface area (Å²) in [6.45, 7) is 0.290. The third-order valence-corrected chi connectivity index (χ3v) is 6.63. The summed E-state index contributed by atoms with van der Waals surface area (Å²) in [6, 6.07) is 9.17. The van der Waals surface area contributed by atoms with E-state index in [1.54, 1.807) is 23.1 Å². The van der Waals surface area contributed by atoms with Crippen LogP contribution in [0.1, 0.15) is 10.4 Å². The van der Waals surface area contributed by atoms with Gasteiger partial charge in [-0.3, -0.25) is 14.5 Å². The van der Waals surface area contributed by atoms with Gasteiger partial charge in [-0.25, -0.2) is 17.2 Å². The number of halogens is 2. The predicted molar refractivity (Wildman–Crippen MR) is 105 cm³/mol. The van der Waals surface area contributed by atoms with Crippen LogP contribution in [0.4, 0.5) is 14.5 Å². The number of primary amides is 1. The molecule has 2 aromatic rings. The van der Waals surface area contributed by atoms with Gasteiger partial charge in [0.25, 0.3) is 5.91 Å². The van der Waals surface area contributed by atoms with Gasteiger partial charge in [-0.2, -0.15) is 4.31 Å². The molecule has 0 spiro atoms. The number of nitrogens with zero attached hydrogens (tertiary/aromatic N) is 2. The molecule has 1 aliphatic heterocycles. The molecule has 3 rings (SSSR count). The summed E-state index contributed by atoms with van der Waals surface area (Å²) >= 11 is 0. The molecule has 30 heavy (non-hydrogen) atoms. The number of hydrogen-bond acceptors (Lipinski definition) is 5. The molecule has 0 radical (unpaired) electrons. The fraction of sp³-hybridized carbons (Fsp3) is 0.263. The van der Waals surface area contributed by atoms with Crippen LogP contribution in [-0.4, -0.2) is 62.2 Å². The van der Waals surface area contributed by atoms with E-state index in [4.69, 9.17) is 5.73 Å². The molecule has 1 fully saturated rings. The number of hydrogen-bond donors (Lipinski definition) is 2. The lowest BCUT2D eigenvalue weighted by atomic mass is 10.1. The second kappa shape index (κ2) is 8.86. The Morgan fingerprint density at radius 2 is 1.57 bits per heavy atom. The van der Waals surface area contributed by atoms with Crippen LogP contribution in [0.25, 0.3) is 0 Å². The molecule has 8 nitrogen and oxygen atoms in total. The maximum atomic E-state index is 13.9. The van der Waals surface area contributed by atoms with Gasteiger partial charge < -0.3 is 11.1 Å². The largest absolute Gasteiger partial charge is 0.366 e.